The van der Waals surface area contributed by atoms with Crippen LogP contribution in [0, 0.1) is 5.82 Å². The Morgan fingerprint density at radius 1 is 1.12 bits per heavy atom. The number of benzene rings is 1. The summed E-state index contributed by atoms with van der Waals surface area (Å²) in [5.74, 6) is -0.915. The van der Waals surface area contributed by atoms with Crippen LogP contribution in [0.5, 0.6) is 0 Å². The van der Waals surface area contributed by atoms with Crippen LogP contribution in [0.3, 0.4) is 0 Å². The van der Waals surface area contributed by atoms with Crippen LogP contribution in [-0.2, 0) is 13.7 Å². The first-order valence-electron chi connectivity index (χ1n) is 6.68. The number of fused-ring (bicyclic) bond motifs is 1. The molecule has 3 nitrogen and oxygen atoms in total. The van der Waals surface area contributed by atoms with Gasteiger partial charge in [-0.3, -0.25) is 0 Å². The van der Waals surface area contributed by atoms with Crippen LogP contribution in [0.4, 0.5) is 30.7 Å². The van der Waals surface area contributed by atoms with Gasteiger partial charge in [0, 0.05) is 20.1 Å². The monoisotopic (exact) mass is 412 g/mol. The third kappa shape index (κ3) is 3.26. The Morgan fingerprint density at radius 2 is 1.72 bits per heavy atom. The van der Waals surface area contributed by atoms with E-state index < -0.39 is 47.1 Å². The lowest BCUT2D eigenvalue weighted by Crippen LogP contribution is -2.32. The molecular formula is C13H11F7O3S2. The van der Waals surface area contributed by atoms with Gasteiger partial charge >= 0.3 is 21.1 Å². The third-order valence-electron chi connectivity index (χ3n) is 3.26. The molecule has 0 spiro atoms. The molecule has 0 fully saturated rings. The normalized spacial score (nSPS) is 23.8. The van der Waals surface area contributed by atoms with E-state index in [1.807, 2.05) is 0 Å². The second kappa shape index (κ2) is 6.16. The molecule has 0 saturated carbocycles. The average molecular weight is 412 g/mol. The number of hydrogen-bond donors (Lipinski definition) is 0. The van der Waals surface area contributed by atoms with Crippen molar-refractivity contribution in [3.05, 3.63) is 34.5 Å². The lowest BCUT2D eigenvalue weighted by molar-refractivity contribution is -0.0546. The second-order valence-electron chi connectivity index (χ2n) is 5.01. The maximum Gasteiger partial charge on any atom is 0.523 e. The predicted molar refractivity (Wildman–Crippen MR) is 77.3 cm³/mol. The van der Waals surface area contributed by atoms with E-state index >= 15 is 0 Å². The first-order valence-corrected chi connectivity index (χ1v) is 9.65. The molecule has 1 aromatic rings. The van der Waals surface area contributed by atoms with Gasteiger partial charge in [0.15, 0.2) is 0 Å². The number of allylic oxidation sites excluding steroid dienone is 1. The highest BCUT2D eigenvalue weighted by molar-refractivity contribution is 8.37. The van der Waals surface area contributed by atoms with Crippen LogP contribution >= 0.6 is 10.3 Å². The minimum Gasteiger partial charge on any atom is -0.207 e. The van der Waals surface area contributed by atoms with Gasteiger partial charge in [0.1, 0.15) is 5.82 Å². The molecule has 25 heavy (non-hydrogen) atoms. The van der Waals surface area contributed by atoms with Crippen molar-refractivity contribution in [2.45, 2.75) is 35.7 Å². The van der Waals surface area contributed by atoms with Crippen molar-refractivity contribution in [3.8, 4) is 0 Å². The smallest absolute Gasteiger partial charge is 0.207 e. The highest BCUT2D eigenvalue weighted by Gasteiger charge is 2.63. The summed E-state index contributed by atoms with van der Waals surface area (Å²) in [4.78, 5) is -1.48. The molecule has 0 radical (unpaired) electrons. The molecule has 0 aromatic heterocycles. The van der Waals surface area contributed by atoms with Gasteiger partial charge in [-0.05, 0) is 36.3 Å². The molecule has 0 saturated heterocycles. The summed E-state index contributed by atoms with van der Waals surface area (Å²) in [7, 11) is -11.6. The predicted octanol–water partition coefficient (Wildman–Crippen LogP) is 5.44. The quantitative estimate of drug-likeness (QED) is 0.488. The molecular weight excluding hydrogens is 401 g/mol. The minimum atomic E-state index is -6.54. The van der Waals surface area contributed by atoms with Crippen LogP contribution in [0.15, 0.2) is 28.0 Å². The first-order chi connectivity index (χ1) is 11.3. The van der Waals surface area contributed by atoms with E-state index in [-0.39, 0.29) is 18.4 Å². The van der Waals surface area contributed by atoms with Gasteiger partial charge in [0.25, 0.3) is 0 Å². The molecule has 0 aliphatic carbocycles. The molecule has 1 aromatic carbocycles. The summed E-state index contributed by atoms with van der Waals surface area (Å²) in [6, 6.07) is 1.91. The average Bonchev–Trinajstić information content (AvgIpc) is 2.71. The van der Waals surface area contributed by atoms with Crippen molar-refractivity contribution in [2.75, 3.05) is 0 Å². The number of alkyl halides is 6. The maximum absolute atomic E-state index is 13.8. The Balaban J connectivity index is 2.78. The Labute approximate surface area is 140 Å². The third-order valence-corrected chi connectivity index (χ3v) is 8.07. The van der Waals surface area contributed by atoms with Gasteiger partial charge < -0.3 is 0 Å². The number of rotatable bonds is 4. The van der Waals surface area contributed by atoms with Crippen molar-refractivity contribution in [1.29, 1.82) is 0 Å². The van der Waals surface area contributed by atoms with E-state index in [2.05, 4.69) is 3.63 Å². The van der Waals surface area contributed by atoms with Crippen LogP contribution in [0.2, 0.25) is 0 Å². The Hall–Kier alpha value is -1.27. The summed E-state index contributed by atoms with van der Waals surface area (Å²) in [5.41, 5.74) is -11.8. The van der Waals surface area contributed by atoms with Gasteiger partial charge in [0.05, 0.1) is 0 Å². The zero-order chi connectivity index (χ0) is 19.3. The molecule has 12 heteroatoms. The molecule has 1 aliphatic rings. The maximum atomic E-state index is 13.8. The van der Waals surface area contributed by atoms with E-state index in [1.165, 1.54) is 6.92 Å². The van der Waals surface area contributed by atoms with Crippen molar-refractivity contribution < 1.29 is 42.8 Å². The minimum absolute atomic E-state index is 0.0859. The van der Waals surface area contributed by atoms with Gasteiger partial charge in [-0.1, -0.05) is 13.3 Å². The molecule has 2 rings (SSSR count). The van der Waals surface area contributed by atoms with Crippen molar-refractivity contribution in [3.63, 3.8) is 0 Å². The fraction of sp³-hybridized carbons (Fsp3) is 0.385. The van der Waals surface area contributed by atoms with Crippen LogP contribution in [0.1, 0.15) is 25.3 Å². The van der Waals surface area contributed by atoms with Crippen molar-refractivity contribution in [1.82, 2.24) is 0 Å². The fourth-order valence-corrected chi connectivity index (χ4v) is 6.98. The summed E-state index contributed by atoms with van der Waals surface area (Å²) in [6.07, 6.45) is 0.567. The first kappa shape index (κ1) is 20.0. The summed E-state index contributed by atoms with van der Waals surface area (Å²) < 4.78 is 119. The van der Waals surface area contributed by atoms with E-state index in [4.69, 9.17) is 0 Å². The summed E-state index contributed by atoms with van der Waals surface area (Å²) >= 11 is 0. The van der Waals surface area contributed by atoms with E-state index in [0.29, 0.717) is 18.2 Å². The number of hydrogen-bond acceptors (Lipinski definition) is 3. The standard InChI is InChI=1S/C13H11F7O3S2/c1-2-3-10-7-8-6-9(14)4-5-11(8)24(10,12(15,16)17)23-25(21,22)13(18,19)20/h4-7H,2-3H2,1H3. The molecule has 1 atom stereocenters. The fourth-order valence-electron chi connectivity index (χ4n) is 2.32. The molecule has 1 aliphatic heterocycles. The van der Waals surface area contributed by atoms with Gasteiger partial charge in [-0.15, -0.1) is 0 Å². The molecule has 1 heterocycles. The van der Waals surface area contributed by atoms with Crippen LogP contribution in [0.25, 0.3) is 6.08 Å². The second-order valence-corrected chi connectivity index (χ2v) is 9.47. The topological polar surface area (TPSA) is 43.4 Å². The van der Waals surface area contributed by atoms with Gasteiger partial charge in [-0.2, -0.15) is 38.4 Å². The highest BCUT2D eigenvalue weighted by atomic mass is 32.3. The van der Waals surface area contributed by atoms with Crippen LogP contribution < -0.4 is 0 Å². The summed E-state index contributed by atoms with van der Waals surface area (Å²) in [5, 5.41) is 0. The summed E-state index contributed by atoms with van der Waals surface area (Å²) in [6.45, 7) is 1.46. The molecule has 0 amide bonds. The molecule has 1 unspecified atom stereocenters. The van der Waals surface area contributed by atoms with Crippen molar-refractivity contribution >= 4 is 26.5 Å². The lowest BCUT2D eigenvalue weighted by Gasteiger charge is -2.39. The van der Waals surface area contributed by atoms with E-state index in [0.717, 1.165) is 6.08 Å². The molecule has 0 bridgehead atoms. The number of halogens is 7. The van der Waals surface area contributed by atoms with Crippen molar-refractivity contribution in [2.24, 2.45) is 0 Å². The zero-order valence-corrected chi connectivity index (χ0v) is 14.0. The SMILES string of the molecule is CCCC1=Cc2cc(F)ccc2S1(OS(=O)(=O)C(F)(F)F)C(F)(F)F. The van der Waals surface area contributed by atoms with Crippen LogP contribution in [-0.4, -0.2) is 19.4 Å². The van der Waals surface area contributed by atoms with E-state index in [9.17, 15) is 39.2 Å². The van der Waals surface area contributed by atoms with E-state index in [1.54, 1.807) is 0 Å². The molecule has 142 valence electrons. The zero-order valence-electron chi connectivity index (χ0n) is 12.4. The Kier molecular flexibility index (Phi) is 4.94. The highest BCUT2D eigenvalue weighted by Crippen LogP contribution is 2.78. The largest absolute Gasteiger partial charge is 0.523 e. The van der Waals surface area contributed by atoms with Gasteiger partial charge in [-0.25, -0.2) is 4.39 Å². The Bertz CT molecular complexity index is 812. The van der Waals surface area contributed by atoms with Gasteiger partial charge in [0.2, 0.25) is 0 Å². The lowest BCUT2D eigenvalue weighted by atomic mass is 10.2. The molecule has 0 N–H and O–H groups in total. The Morgan fingerprint density at radius 3 is 2.20 bits per heavy atom.